The Bertz CT molecular complexity index is 1090. The van der Waals surface area contributed by atoms with Gasteiger partial charge in [0, 0.05) is 6.04 Å². The lowest BCUT2D eigenvalue weighted by Gasteiger charge is -2.18. The van der Waals surface area contributed by atoms with Crippen LogP contribution in [0.15, 0.2) is 47.4 Å². The average molecular weight is 499 g/mol. The fourth-order valence-electron chi connectivity index (χ4n) is 3.12. The number of nitrogens with one attached hydrogen (secondary N) is 2. The van der Waals surface area contributed by atoms with E-state index in [1.54, 1.807) is 0 Å². The highest BCUT2D eigenvalue weighted by molar-refractivity contribution is 7.89. The van der Waals surface area contributed by atoms with Crippen molar-refractivity contribution < 1.29 is 22.7 Å². The van der Waals surface area contributed by atoms with E-state index in [-0.39, 0.29) is 32.6 Å². The monoisotopic (exact) mass is 498 g/mol. The van der Waals surface area contributed by atoms with E-state index < -0.39 is 28.5 Å². The second-order valence-electron chi connectivity index (χ2n) is 7.55. The van der Waals surface area contributed by atoms with Crippen LogP contribution in [0.3, 0.4) is 0 Å². The third kappa shape index (κ3) is 6.45. The van der Waals surface area contributed by atoms with Crippen LogP contribution in [0.4, 0.5) is 0 Å². The molecule has 32 heavy (non-hydrogen) atoms. The van der Waals surface area contributed by atoms with Gasteiger partial charge in [0.15, 0.2) is 6.61 Å². The normalized spacial score (nSPS) is 14.6. The molecule has 2 aromatic carbocycles. The first-order chi connectivity index (χ1) is 15.2. The Morgan fingerprint density at radius 2 is 1.81 bits per heavy atom. The zero-order valence-electron chi connectivity index (χ0n) is 17.4. The molecule has 2 N–H and O–H groups in total. The van der Waals surface area contributed by atoms with Gasteiger partial charge in [-0.05, 0) is 37.0 Å². The summed E-state index contributed by atoms with van der Waals surface area (Å²) in [4.78, 5) is 24.6. The molecule has 1 unspecified atom stereocenters. The quantitative estimate of drug-likeness (QED) is 0.476. The summed E-state index contributed by atoms with van der Waals surface area (Å²) in [6, 6.07) is 11.4. The Kier molecular flexibility index (Phi) is 8.16. The maximum Gasteiger partial charge on any atom is 0.340 e. The van der Waals surface area contributed by atoms with Crippen LogP contribution in [0.25, 0.3) is 0 Å². The molecule has 0 aliphatic heterocycles. The Labute approximate surface area is 197 Å². The van der Waals surface area contributed by atoms with Gasteiger partial charge in [0.2, 0.25) is 10.0 Å². The number of hydrogen-bond donors (Lipinski definition) is 2. The largest absolute Gasteiger partial charge is 0.452 e. The van der Waals surface area contributed by atoms with Crippen molar-refractivity contribution in [2.45, 2.75) is 49.6 Å². The highest BCUT2D eigenvalue weighted by Crippen LogP contribution is 2.31. The number of halogens is 2. The van der Waals surface area contributed by atoms with Gasteiger partial charge in [0.1, 0.15) is 4.90 Å². The lowest BCUT2D eigenvalue weighted by atomic mass is 10.0. The standard InChI is InChI=1S/C22H24Cl2N2O5S/c1-2-6-19(14-7-4-3-5-8-14)25-21(27)13-31-22(28)16-11-20(18(24)12-17(16)23)32(29,30)26-15-9-10-15/h3-5,7-8,11-12,15,19,26H,2,6,9-10,13H2,1H3,(H,25,27). The maximum absolute atomic E-state index is 12.5. The first-order valence-electron chi connectivity index (χ1n) is 10.2. The molecule has 0 radical (unpaired) electrons. The fourth-order valence-corrected chi connectivity index (χ4v) is 5.27. The van der Waals surface area contributed by atoms with Crippen LogP contribution in [0.1, 0.15) is 54.6 Å². The van der Waals surface area contributed by atoms with Crippen molar-refractivity contribution in [3.63, 3.8) is 0 Å². The molecular formula is C22H24Cl2N2O5S. The molecular weight excluding hydrogens is 475 g/mol. The molecule has 0 saturated heterocycles. The van der Waals surface area contributed by atoms with Crippen molar-refractivity contribution >= 4 is 45.1 Å². The third-order valence-corrected chi connectivity index (χ3v) is 7.18. The minimum Gasteiger partial charge on any atom is -0.452 e. The van der Waals surface area contributed by atoms with Crippen LogP contribution >= 0.6 is 23.2 Å². The second-order valence-corrected chi connectivity index (χ2v) is 10.1. The maximum atomic E-state index is 12.5. The summed E-state index contributed by atoms with van der Waals surface area (Å²) >= 11 is 12.1. The lowest BCUT2D eigenvalue weighted by Crippen LogP contribution is -2.32. The molecule has 172 valence electrons. The van der Waals surface area contributed by atoms with Crippen LogP contribution in [-0.2, 0) is 19.6 Å². The molecule has 0 bridgehead atoms. The van der Waals surface area contributed by atoms with Crippen molar-refractivity contribution in [1.29, 1.82) is 0 Å². The topological polar surface area (TPSA) is 102 Å². The van der Waals surface area contributed by atoms with E-state index in [1.165, 1.54) is 6.07 Å². The minimum atomic E-state index is -3.91. The zero-order chi connectivity index (χ0) is 23.3. The van der Waals surface area contributed by atoms with Crippen molar-refractivity contribution in [2.24, 2.45) is 0 Å². The molecule has 2 aromatic rings. The van der Waals surface area contributed by atoms with E-state index in [0.717, 1.165) is 37.3 Å². The summed E-state index contributed by atoms with van der Waals surface area (Å²) in [7, 11) is -3.91. The van der Waals surface area contributed by atoms with E-state index in [4.69, 9.17) is 27.9 Å². The van der Waals surface area contributed by atoms with Gasteiger partial charge >= 0.3 is 5.97 Å². The third-order valence-electron chi connectivity index (χ3n) is 4.88. The number of amides is 1. The van der Waals surface area contributed by atoms with Crippen LogP contribution in [0.5, 0.6) is 0 Å². The van der Waals surface area contributed by atoms with Crippen molar-refractivity contribution in [2.75, 3.05) is 6.61 Å². The van der Waals surface area contributed by atoms with Gasteiger partial charge in [-0.25, -0.2) is 17.9 Å². The van der Waals surface area contributed by atoms with Gasteiger partial charge in [-0.3, -0.25) is 4.79 Å². The molecule has 1 fully saturated rings. The predicted molar refractivity (Wildman–Crippen MR) is 122 cm³/mol. The first-order valence-corrected chi connectivity index (χ1v) is 12.5. The van der Waals surface area contributed by atoms with Gasteiger partial charge < -0.3 is 10.1 Å². The molecule has 0 aromatic heterocycles. The number of carbonyl (C=O) groups is 2. The van der Waals surface area contributed by atoms with Gasteiger partial charge in [0.25, 0.3) is 5.91 Å². The Hall–Kier alpha value is -2.13. The molecule has 1 saturated carbocycles. The summed E-state index contributed by atoms with van der Waals surface area (Å²) in [6.07, 6.45) is 3.07. The Morgan fingerprint density at radius 3 is 2.44 bits per heavy atom. The summed E-state index contributed by atoms with van der Waals surface area (Å²) in [5.41, 5.74) is 0.765. The number of ether oxygens (including phenoxy) is 1. The number of benzene rings is 2. The van der Waals surface area contributed by atoms with Gasteiger partial charge in [-0.2, -0.15) is 0 Å². The number of rotatable bonds is 10. The van der Waals surface area contributed by atoms with E-state index in [1.807, 2.05) is 37.3 Å². The van der Waals surface area contributed by atoms with Crippen molar-refractivity contribution in [3.8, 4) is 0 Å². The minimum absolute atomic E-state index is 0.0704. The number of sulfonamides is 1. The highest BCUT2D eigenvalue weighted by Gasteiger charge is 2.30. The van der Waals surface area contributed by atoms with Gasteiger partial charge in [-0.1, -0.05) is 66.9 Å². The van der Waals surface area contributed by atoms with Gasteiger partial charge in [-0.15, -0.1) is 0 Å². The molecule has 0 heterocycles. The second kappa shape index (κ2) is 10.7. The van der Waals surface area contributed by atoms with E-state index in [2.05, 4.69) is 10.0 Å². The van der Waals surface area contributed by atoms with Crippen molar-refractivity contribution in [1.82, 2.24) is 10.0 Å². The molecule has 1 atom stereocenters. The molecule has 1 amide bonds. The molecule has 0 spiro atoms. The van der Waals surface area contributed by atoms with Crippen LogP contribution in [-0.4, -0.2) is 32.9 Å². The number of esters is 1. The highest BCUT2D eigenvalue weighted by atomic mass is 35.5. The van der Waals surface area contributed by atoms with E-state index in [9.17, 15) is 18.0 Å². The SMILES string of the molecule is CCCC(NC(=O)COC(=O)c1cc(S(=O)(=O)NC2CC2)c(Cl)cc1Cl)c1ccccc1. The number of carbonyl (C=O) groups excluding carboxylic acids is 2. The van der Waals surface area contributed by atoms with Crippen LogP contribution in [0, 0.1) is 0 Å². The Morgan fingerprint density at radius 1 is 1.12 bits per heavy atom. The molecule has 1 aliphatic carbocycles. The molecule has 10 heteroatoms. The molecule has 3 rings (SSSR count). The summed E-state index contributed by atoms with van der Waals surface area (Å²) in [6.45, 7) is 1.47. The van der Waals surface area contributed by atoms with Crippen LogP contribution < -0.4 is 10.0 Å². The molecule has 1 aliphatic rings. The average Bonchev–Trinajstić information content (AvgIpc) is 3.55. The van der Waals surface area contributed by atoms with Crippen molar-refractivity contribution in [3.05, 3.63) is 63.6 Å². The summed E-state index contributed by atoms with van der Waals surface area (Å²) in [5, 5.41) is 2.67. The Balaban J connectivity index is 1.67. The summed E-state index contributed by atoms with van der Waals surface area (Å²) < 4.78 is 32.6. The van der Waals surface area contributed by atoms with E-state index >= 15 is 0 Å². The van der Waals surface area contributed by atoms with Gasteiger partial charge in [0.05, 0.1) is 21.7 Å². The fraction of sp³-hybridized carbons (Fsp3) is 0.364. The number of hydrogen-bond acceptors (Lipinski definition) is 5. The lowest BCUT2D eigenvalue weighted by molar-refractivity contribution is -0.125. The summed E-state index contributed by atoms with van der Waals surface area (Å²) in [5.74, 6) is -1.40. The molecule has 7 nitrogen and oxygen atoms in total. The first kappa shape index (κ1) is 24.5. The van der Waals surface area contributed by atoms with E-state index in [0.29, 0.717) is 0 Å². The van der Waals surface area contributed by atoms with Crippen LogP contribution in [0.2, 0.25) is 10.0 Å². The zero-order valence-corrected chi connectivity index (χ0v) is 19.8. The predicted octanol–water partition coefficient (Wildman–Crippen LogP) is 4.25. The smallest absolute Gasteiger partial charge is 0.340 e.